The van der Waals surface area contributed by atoms with Crippen LogP contribution in [0.1, 0.15) is 92.8 Å². The fourth-order valence-electron chi connectivity index (χ4n) is 10.2. The van der Waals surface area contributed by atoms with E-state index in [9.17, 15) is 19.6 Å². The summed E-state index contributed by atoms with van der Waals surface area (Å²) < 4.78 is 2.92. The molecule has 0 aliphatic heterocycles. The molecule has 2 aliphatic carbocycles. The van der Waals surface area contributed by atoms with E-state index < -0.39 is 11.5 Å². The molecule has 276 valence electrons. The smallest absolute Gasteiger partial charge is 0.355 e. The summed E-state index contributed by atoms with van der Waals surface area (Å²) in [5.41, 5.74) is 4.00. The molecule has 1 amide bonds. The molecule has 2 N–H and O–H groups in total. The number of thiazole rings is 1. The van der Waals surface area contributed by atoms with Gasteiger partial charge < -0.3 is 5.11 Å². The summed E-state index contributed by atoms with van der Waals surface area (Å²) in [6.07, 6.45) is 8.73. The van der Waals surface area contributed by atoms with Gasteiger partial charge in [-0.1, -0.05) is 68.8 Å². The lowest BCUT2D eigenvalue weighted by atomic mass is 9.46. The topological polar surface area (TPSA) is 152 Å². The minimum atomic E-state index is -1.17. The van der Waals surface area contributed by atoms with E-state index in [4.69, 9.17) is 5.10 Å². The lowest BCUT2D eigenvalue weighted by molar-refractivity contribution is -0.0753. The first-order valence-electron chi connectivity index (χ1n) is 18.4. The number of benzene rings is 2. The number of para-hydroxylation sites is 1. The van der Waals surface area contributed by atoms with Gasteiger partial charge >= 0.3 is 5.97 Å². The number of carboxylic acids is 1. The van der Waals surface area contributed by atoms with Crippen LogP contribution < -0.4 is 5.32 Å². The number of fused-ring (bicyclic) bond motifs is 4. The average Bonchev–Trinajstić information content (AvgIpc) is 3.71. The van der Waals surface area contributed by atoms with Crippen LogP contribution in [0.2, 0.25) is 0 Å². The summed E-state index contributed by atoms with van der Waals surface area (Å²) in [7, 11) is 0. The number of amides is 1. The Morgan fingerprint density at radius 3 is 2.43 bits per heavy atom. The van der Waals surface area contributed by atoms with Gasteiger partial charge in [0.25, 0.3) is 5.91 Å². The quantitative estimate of drug-likeness (QED) is 0.139. The van der Waals surface area contributed by atoms with E-state index in [1.165, 1.54) is 11.3 Å². The van der Waals surface area contributed by atoms with Crippen molar-refractivity contribution in [3.05, 3.63) is 94.9 Å². The summed E-state index contributed by atoms with van der Waals surface area (Å²) in [5.74, 6) is -1.49. The van der Waals surface area contributed by atoms with Crippen LogP contribution in [-0.4, -0.2) is 47.3 Å². The second kappa shape index (κ2) is 12.9. The predicted octanol–water partition coefficient (Wildman–Crippen LogP) is 9.94. The van der Waals surface area contributed by atoms with Crippen molar-refractivity contribution in [2.45, 2.75) is 85.2 Å². The Morgan fingerprint density at radius 1 is 0.907 bits per heavy atom. The van der Waals surface area contributed by atoms with E-state index in [-0.39, 0.29) is 27.8 Å². The zero-order valence-electron chi connectivity index (χ0n) is 31.1. The van der Waals surface area contributed by atoms with Crippen molar-refractivity contribution < 1.29 is 14.7 Å². The second-order valence-electron chi connectivity index (χ2n) is 16.7. The number of carboxylic acid groups (broad SMARTS) is 1. The van der Waals surface area contributed by atoms with Crippen LogP contribution in [0.25, 0.3) is 43.5 Å². The van der Waals surface area contributed by atoms with Crippen LogP contribution in [0.5, 0.6) is 0 Å². The van der Waals surface area contributed by atoms with Gasteiger partial charge in [-0.15, -0.1) is 0 Å². The van der Waals surface area contributed by atoms with Gasteiger partial charge in [-0.2, -0.15) is 10.0 Å². The van der Waals surface area contributed by atoms with Gasteiger partial charge in [-0.3, -0.25) is 19.8 Å². The second-order valence-corrected chi connectivity index (χ2v) is 17.8. The highest BCUT2D eigenvalue weighted by Gasteiger charge is 2.59. The molecule has 6 aromatic rings. The molecule has 12 heteroatoms. The molecule has 2 fully saturated rings. The number of rotatable bonds is 9. The third-order valence-corrected chi connectivity index (χ3v) is 12.8. The largest absolute Gasteiger partial charge is 0.476 e. The molecule has 0 saturated heterocycles. The van der Waals surface area contributed by atoms with Gasteiger partial charge in [0, 0.05) is 46.1 Å². The number of nitroso groups, excluding NO2 is 1. The minimum Gasteiger partial charge on any atom is -0.476 e. The molecule has 2 bridgehead atoms. The van der Waals surface area contributed by atoms with Gasteiger partial charge in [-0.05, 0) is 97.7 Å². The third-order valence-electron chi connectivity index (χ3n) is 11.8. The third kappa shape index (κ3) is 6.36. The normalized spacial score (nSPS) is 25.1. The molecular weight excluding hydrogens is 699 g/mol. The van der Waals surface area contributed by atoms with Crippen molar-refractivity contribution in [1.29, 1.82) is 0 Å². The maximum Gasteiger partial charge on any atom is 0.355 e. The van der Waals surface area contributed by atoms with Crippen LogP contribution in [0, 0.1) is 28.1 Å². The molecule has 4 heterocycles. The van der Waals surface area contributed by atoms with Crippen molar-refractivity contribution in [2.24, 2.45) is 21.4 Å². The SMILES string of the molecule is CCC1(C)CC2(C)CC(C)(Cn3ncc(-c4ccc(-c5cnc6cccc(C(=O)Nc7nc8ccccc8s7)c6c5)nc4C(=O)O)c3C)CC(N=O)(C1)C2. The van der Waals surface area contributed by atoms with Gasteiger partial charge in [0.15, 0.2) is 10.8 Å². The highest BCUT2D eigenvalue weighted by Crippen LogP contribution is 2.64. The Balaban J connectivity index is 1.08. The van der Waals surface area contributed by atoms with Crippen molar-refractivity contribution in [2.75, 3.05) is 5.32 Å². The summed E-state index contributed by atoms with van der Waals surface area (Å²) in [5, 5.41) is 23.0. The Morgan fingerprint density at radius 2 is 1.67 bits per heavy atom. The first-order chi connectivity index (χ1) is 25.7. The predicted molar refractivity (Wildman–Crippen MR) is 212 cm³/mol. The summed E-state index contributed by atoms with van der Waals surface area (Å²) >= 11 is 1.40. The van der Waals surface area contributed by atoms with E-state index in [1.54, 1.807) is 36.7 Å². The zero-order chi connectivity index (χ0) is 38.0. The molecule has 0 radical (unpaired) electrons. The van der Waals surface area contributed by atoms with E-state index in [1.807, 2.05) is 48.0 Å². The monoisotopic (exact) mass is 741 g/mol. The van der Waals surface area contributed by atoms with Crippen molar-refractivity contribution in [1.82, 2.24) is 24.7 Å². The van der Waals surface area contributed by atoms with E-state index in [0.717, 1.165) is 48.0 Å². The lowest BCUT2D eigenvalue weighted by Crippen LogP contribution is -2.55. The highest BCUT2D eigenvalue weighted by molar-refractivity contribution is 7.22. The average molecular weight is 742 g/mol. The van der Waals surface area contributed by atoms with Crippen LogP contribution in [0.3, 0.4) is 0 Å². The maximum atomic E-state index is 13.5. The number of carbonyl (C=O) groups is 2. The molecule has 4 atom stereocenters. The molecule has 8 rings (SSSR count). The first-order valence-corrected chi connectivity index (χ1v) is 19.2. The van der Waals surface area contributed by atoms with Crippen LogP contribution in [0.15, 0.2) is 78.2 Å². The van der Waals surface area contributed by atoms with Gasteiger partial charge in [0.1, 0.15) is 5.54 Å². The number of nitrogens with one attached hydrogen (secondary N) is 1. The molecule has 0 spiro atoms. The van der Waals surface area contributed by atoms with Crippen LogP contribution >= 0.6 is 11.3 Å². The maximum absolute atomic E-state index is 13.5. The van der Waals surface area contributed by atoms with E-state index >= 15 is 0 Å². The Kier molecular flexibility index (Phi) is 8.52. The van der Waals surface area contributed by atoms with E-state index in [0.29, 0.717) is 56.9 Å². The molecule has 4 aromatic heterocycles. The Labute approximate surface area is 317 Å². The molecule has 54 heavy (non-hydrogen) atoms. The van der Waals surface area contributed by atoms with Crippen molar-refractivity contribution >= 4 is 49.5 Å². The van der Waals surface area contributed by atoms with Crippen LogP contribution in [0.4, 0.5) is 5.13 Å². The molecular formula is C42H43N7O4S. The van der Waals surface area contributed by atoms with Crippen molar-refractivity contribution in [3.63, 3.8) is 0 Å². The fourth-order valence-corrected chi connectivity index (χ4v) is 11.1. The number of carbonyl (C=O) groups excluding carboxylic acids is 1. The summed E-state index contributed by atoms with van der Waals surface area (Å²) in [6.45, 7) is 11.6. The molecule has 2 aromatic carbocycles. The van der Waals surface area contributed by atoms with Gasteiger partial charge in [-0.25, -0.2) is 14.8 Å². The number of nitrogens with zero attached hydrogens (tertiary/aromatic N) is 6. The number of anilines is 1. The number of aromatic carboxylic acids is 1. The van der Waals surface area contributed by atoms with Gasteiger partial charge in [0.2, 0.25) is 0 Å². The number of pyridine rings is 2. The molecule has 4 unspecified atom stereocenters. The minimum absolute atomic E-state index is 0.00261. The molecule has 2 aliphatic rings. The highest BCUT2D eigenvalue weighted by atomic mass is 32.1. The number of hydrogen-bond acceptors (Lipinski definition) is 9. The summed E-state index contributed by atoms with van der Waals surface area (Å²) in [4.78, 5) is 52.6. The standard InChI is InChI=1S/C42H43N7O4S/c1-6-39(3)19-40(4)20-41(5,23-42(21-39,22-40)48-53)24-49-25(2)30(18-44-49)27-14-15-31(45-35(27)37(51)52)26-16-29-28(10-9-12-32(29)43-17-26)36(50)47-38-46-33-11-7-8-13-34(33)54-38/h7-18H,6,19-24H2,1-5H3,(H,51,52)(H,46,47,50). The Bertz CT molecular complexity index is 2460. The molecule has 11 nitrogen and oxygen atoms in total. The number of aromatic nitrogens is 5. The summed E-state index contributed by atoms with van der Waals surface area (Å²) in [6, 6.07) is 18.4. The first kappa shape index (κ1) is 35.7. The van der Waals surface area contributed by atoms with Gasteiger partial charge in [0.05, 0.1) is 27.6 Å². The van der Waals surface area contributed by atoms with Crippen LogP contribution in [-0.2, 0) is 6.54 Å². The zero-order valence-corrected chi connectivity index (χ0v) is 32.0. The number of hydrogen-bond donors (Lipinski definition) is 2. The molecule has 2 saturated carbocycles. The fraction of sp³-hybridized carbons (Fsp3) is 0.381. The lowest BCUT2D eigenvalue weighted by Gasteiger charge is -2.59. The Hall–Kier alpha value is -5.36. The van der Waals surface area contributed by atoms with E-state index in [2.05, 4.69) is 53.1 Å². The van der Waals surface area contributed by atoms with Crippen molar-refractivity contribution in [3.8, 4) is 22.4 Å².